The fourth-order valence-electron chi connectivity index (χ4n) is 2.34. The first-order chi connectivity index (χ1) is 8.52. The Bertz CT molecular complexity index is 399. The van der Waals surface area contributed by atoms with Gasteiger partial charge in [-0.3, -0.25) is 0 Å². The monoisotopic (exact) mass is 259 g/mol. The molecule has 2 nitrogen and oxygen atoms in total. The van der Waals surface area contributed by atoms with Crippen LogP contribution in [0, 0.1) is 0 Å². The number of likely N-dealkylation sites (N-methyl/N-ethyl adjacent to an activating group) is 1. The van der Waals surface area contributed by atoms with Gasteiger partial charge in [0.15, 0.2) is 0 Å². The Balaban J connectivity index is 2.25. The number of hydrogen-bond donors (Lipinski definition) is 1. The van der Waals surface area contributed by atoms with Crippen LogP contribution in [-0.2, 0) is 10.9 Å². The average Bonchev–Trinajstić information content (AvgIpc) is 2.83. The second kappa shape index (κ2) is 5.28. The van der Waals surface area contributed by atoms with Crippen molar-refractivity contribution in [2.45, 2.75) is 31.2 Å². The highest BCUT2D eigenvalue weighted by Crippen LogP contribution is 2.33. The molecule has 0 spiro atoms. The molecule has 1 saturated heterocycles. The van der Waals surface area contributed by atoms with Crippen LogP contribution in [0.5, 0.6) is 0 Å². The molecule has 1 N–H and O–H groups in total. The molecule has 2 unspecified atom stereocenters. The first-order valence-electron chi connectivity index (χ1n) is 5.98. The summed E-state index contributed by atoms with van der Waals surface area (Å²) in [4.78, 5) is 0. The minimum Gasteiger partial charge on any atom is -0.376 e. The van der Waals surface area contributed by atoms with E-state index in [1.165, 1.54) is 12.1 Å². The van der Waals surface area contributed by atoms with Crippen molar-refractivity contribution < 1.29 is 17.9 Å². The van der Waals surface area contributed by atoms with Crippen LogP contribution < -0.4 is 5.32 Å². The second-order valence-electron chi connectivity index (χ2n) is 4.44. The fraction of sp³-hybridized carbons (Fsp3) is 0.538. The number of halogens is 3. The molecular weight excluding hydrogens is 243 g/mol. The van der Waals surface area contributed by atoms with Gasteiger partial charge in [-0.25, -0.2) is 0 Å². The molecule has 0 saturated carbocycles. The summed E-state index contributed by atoms with van der Waals surface area (Å²) in [5, 5.41) is 3.05. The summed E-state index contributed by atoms with van der Waals surface area (Å²) < 4.78 is 43.5. The van der Waals surface area contributed by atoms with Crippen LogP contribution in [0.3, 0.4) is 0 Å². The highest BCUT2D eigenvalue weighted by molar-refractivity contribution is 5.28. The predicted octanol–water partition coefficient (Wildman–Crippen LogP) is 3.14. The molecule has 2 atom stereocenters. The quantitative estimate of drug-likeness (QED) is 0.900. The molecule has 18 heavy (non-hydrogen) atoms. The van der Waals surface area contributed by atoms with Crippen molar-refractivity contribution in [1.82, 2.24) is 5.32 Å². The summed E-state index contributed by atoms with van der Waals surface area (Å²) in [6.45, 7) is 0.682. The molecule has 1 heterocycles. The molecule has 1 aromatic carbocycles. The molecule has 100 valence electrons. The van der Waals surface area contributed by atoms with Gasteiger partial charge in [-0.15, -0.1) is 0 Å². The van der Waals surface area contributed by atoms with E-state index in [1.54, 1.807) is 13.1 Å². The summed E-state index contributed by atoms with van der Waals surface area (Å²) in [5.74, 6) is 0. The van der Waals surface area contributed by atoms with E-state index in [9.17, 15) is 13.2 Å². The van der Waals surface area contributed by atoms with Crippen molar-refractivity contribution in [3.63, 3.8) is 0 Å². The smallest absolute Gasteiger partial charge is 0.376 e. The molecule has 2 rings (SSSR count). The van der Waals surface area contributed by atoms with E-state index < -0.39 is 11.7 Å². The molecule has 0 bridgehead atoms. The van der Waals surface area contributed by atoms with E-state index in [-0.39, 0.29) is 12.1 Å². The van der Waals surface area contributed by atoms with Crippen molar-refractivity contribution in [3.05, 3.63) is 35.4 Å². The maximum absolute atomic E-state index is 12.7. The van der Waals surface area contributed by atoms with E-state index in [0.29, 0.717) is 12.2 Å². The number of alkyl halides is 3. The minimum absolute atomic E-state index is 0.0431. The normalized spacial score (nSPS) is 22.1. The molecule has 1 aliphatic rings. The highest BCUT2D eigenvalue weighted by atomic mass is 19.4. The van der Waals surface area contributed by atoms with E-state index in [0.717, 1.165) is 18.9 Å². The van der Waals surface area contributed by atoms with Gasteiger partial charge in [0.2, 0.25) is 0 Å². The van der Waals surface area contributed by atoms with E-state index >= 15 is 0 Å². The molecule has 0 radical (unpaired) electrons. The van der Waals surface area contributed by atoms with Crippen LogP contribution in [0.25, 0.3) is 0 Å². The van der Waals surface area contributed by atoms with Crippen LogP contribution in [-0.4, -0.2) is 19.8 Å². The standard InChI is InChI=1S/C13H16F3NO/c1-17-12(11-6-3-7-18-11)9-4-2-5-10(8-9)13(14,15)16/h2,4-5,8,11-12,17H,3,6-7H2,1H3. The van der Waals surface area contributed by atoms with E-state index in [2.05, 4.69) is 5.32 Å². The molecule has 1 aliphatic heterocycles. The number of ether oxygens (including phenoxy) is 1. The zero-order chi connectivity index (χ0) is 13.2. The third-order valence-electron chi connectivity index (χ3n) is 3.22. The largest absolute Gasteiger partial charge is 0.416 e. The number of nitrogens with one attached hydrogen (secondary N) is 1. The van der Waals surface area contributed by atoms with Gasteiger partial charge in [0.25, 0.3) is 0 Å². The van der Waals surface area contributed by atoms with Gasteiger partial charge < -0.3 is 10.1 Å². The van der Waals surface area contributed by atoms with E-state index in [4.69, 9.17) is 4.74 Å². The lowest BCUT2D eigenvalue weighted by Crippen LogP contribution is -2.29. The fourth-order valence-corrected chi connectivity index (χ4v) is 2.34. The third kappa shape index (κ3) is 2.84. The Morgan fingerprint density at radius 3 is 2.72 bits per heavy atom. The Morgan fingerprint density at radius 2 is 2.17 bits per heavy atom. The van der Waals surface area contributed by atoms with Gasteiger partial charge in [-0.05, 0) is 37.6 Å². The van der Waals surface area contributed by atoms with Gasteiger partial charge >= 0.3 is 6.18 Å². The Hall–Kier alpha value is -1.07. The van der Waals surface area contributed by atoms with Crippen LogP contribution in [0.1, 0.15) is 30.0 Å². The van der Waals surface area contributed by atoms with Crippen molar-refractivity contribution in [2.75, 3.05) is 13.7 Å². The topological polar surface area (TPSA) is 21.3 Å². The molecule has 5 heteroatoms. The van der Waals surface area contributed by atoms with Gasteiger partial charge in [0, 0.05) is 6.61 Å². The molecule has 0 aliphatic carbocycles. The first kappa shape index (κ1) is 13.4. The van der Waals surface area contributed by atoms with Crippen molar-refractivity contribution in [3.8, 4) is 0 Å². The molecule has 0 amide bonds. The maximum atomic E-state index is 12.7. The lowest BCUT2D eigenvalue weighted by molar-refractivity contribution is -0.137. The van der Waals surface area contributed by atoms with Crippen molar-refractivity contribution >= 4 is 0 Å². The van der Waals surface area contributed by atoms with Crippen LogP contribution in [0.2, 0.25) is 0 Å². The Labute approximate surface area is 104 Å². The number of benzene rings is 1. The average molecular weight is 259 g/mol. The first-order valence-corrected chi connectivity index (χ1v) is 5.98. The molecular formula is C13H16F3NO. The van der Waals surface area contributed by atoms with Crippen LogP contribution >= 0.6 is 0 Å². The van der Waals surface area contributed by atoms with Crippen molar-refractivity contribution in [1.29, 1.82) is 0 Å². The zero-order valence-corrected chi connectivity index (χ0v) is 10.1. The van der Waals surface area contributed by atoms with Crippen LogP contribution in [0.4, 0.5) is 13.2 Å². The number of rotatable bonds is 3. The molecule has 0 aromatic heterocycles. The summed E-state index contributed by atoms with van der Waals surface area (Å²) in [6.07, 6.45) is -2.51. The van der Waals surface area contributed by atoms with Gasteiger partial charge in [-0.1, -0.05) is 12.1 Å². The predicted molar refractivity (Wildman–Crippen MR) is 62.2 cm³/mol. The summed E-state index contributed by atoms with van der Waals surface area (Å²) in [6, 6.07) is 5.25. The number of hydrogen-bond acceptors (Lipinski definition) is 2. The maximum Gasteiger partial charge on any atom is 0.416 e. The second-order valence-corrected chi connectivity index (χ2v) is 4.44. The van der Waals surface area contributed by atoms with Gasteiger partial charge in [-0.2, -0.15) is 13.2 Å². The van der Waals surface area contributed by atoms with Crippen molar-refractivity contribution in [2.24, 2.45) is 0 Å². The molecule has 1 aromatic rings. The van der Waals surface area contributed by atoms with E-state index in [1.807, 2.05) is 0 Å². The van der Waals surface area contributed by atoms with Gasteiger partial charge in [0.05, 0.1) is 17.7 Å². The minimum atomic E-state index is -4.30. The van der Waals surface area contributed by atoms with Gasteiger partial charge in [0.1, 0.15) is 0 Å². The summed E-state index contributed by atoms with van der Waals surface area (Å²) in [5.41, 5.74) is 0.0115. The van der Waals surface area contributed by atoms with Crippen LogP contribution in [0.15, 0.2) is 24.3 Å². The molecule has 1 fully saturated rings. The zero-order valence-electron chi connectivity index (χ0n) is 10.1. The third-order valence-corrected chi connectivity index (χ3v) is 3.22. The summed E-state index contributed by atoms with van der Waals surface area (Å²) in [7, 11) is 1.74. The lowest BCUT2D eigenvalue weighted by Gasteiger charge is -2.23. The SMILES string of the molecule is CNC(c1cccc(C(F)(F)F)c1)C1CCCO1. The highest BCUT2D eigenvalue weighted by Gasteiger charge is 2.32. The Morgan fingerprint density at radius 1 is 1.39 bits per heavy atom. The lowest BCUT2D eigenvalue weighted by atomic mass is 9.97. The Kier molecular flexibility index (Phi) is 3.92. The summed E-state index contributed by atoms with van der Waals surface area (Å²) >= 11 is 0.